The summed E-state index contributed by atoms with van der Waals surface area (Å²) in [4.78, 5) is 13.8. The fraction of sp³-hybridized carbons (Fsp3) is 0.296. The van der Waals surface area contributed by atoms with Gasteiger partial charge < -0.3 is 4.42 Å². The highest BCUT2D eigenvalue weighted by molar-refractivity contribution is 6.15. The van der Waals surface area contributed by atoms with Crippen molar-refractivity contribution in [3.05, 3.63) is 89.6 Å². The lowest BCUT2D eigenvalue weighted by Gasteiger charge is -2.44. The molecule has 1 fully saturated rings. The summed E-state index contributed by atoms with van der Waals surface area (Å²) in [7, 11) is 0. The second-order valence-corrected chi connectivity index (χ2v) is 9.65. The highest BCUT2D eigenvalue weighted by Gasteiger charge is 2.40. The van der Waals surface area contributed by atoms with E-state index in [-0.39, 0.29) is 17.3 Å². The summed E-state index contributed by atoms with van der Waals surface area (Å²) >= 11 is 0. The minimum atomic E-state index is -0.275. The van der Waals surface area contributed by atoms with E-state index in [1.54, 1.807) is 24.7 Å². The molecule has 0 spiro atoms. The first-order valence-corrected chi connectivity index (χ1v) is 11.4. The molecule has 1 aliphatic carbocycles. The molecular weight excluding hydrogens is 415 g/mol. The van der Waals surface area contributed by atoms with E-state index in [1.165, 1.54) is 18.0 Å². The first-order chi connectivity index (χ1) is 15.9. The largest absolute Gasteiger partial charge is 0.442 e. The van der Waals surface area contributed by atoms with E-state index in [0.717, 1.165) is 35.7 Å². The van der Waals surface area contributed by atoms with E-state index in [1.807, 2.05) is 13.0 Å². The van der Waals surface area contributed by atoms with Crippen LogP contribution in [-0.4, -0.2) is 20.2 Å². The molecule has 5 nitrogen and oxygen atoms in total. The summed E-state index contributed by atoms with van der Waals surface area (Å²) in [5, 5.41) is 0. The second kappa shape index (κ2) is 7.24. The molecule has 4 aromatic rings. The van der Waals surface area contributed by atoms with E-state index in [2.05, 4.69) is 46.6 Å². The van der Waals surface area contributed by atoms with Crippen LogP contribution < -0.4 is 0 Å². The molecule has 1 aliphatic heterocycles. The van der Waals surface area contributed by atoms with Crippen LogP contribution in [0.5, 0.6) is 0 Å². The Morgan fingerprint density at radius 1 is 1.09 bits per heavy atom. The summed E-state index contributed by atoms with van der Waals surface area (Å²) in [6.07, 6.45) is 7.16. The van der Waals surface area contributed by atoms with Crippen LogP contribution in [0.4, 0.5) is 4.39 Å². The zero-order valence-electron chi connectivity index (χ0n) is 18.9. The molecular formula is C27H25FN4O. The number of fused-ring (bicyclic) bond motifs is 3. The van der Waals surface area contributed by atoms with E-state index < -0.39 is 0 Å². The van der Waals surface area contributed by atoms with Crippen molar-refractivity contribution in [1.29, 1.82) is 0 Å². The Morgan fingerprint density at radius 2 is 1.91 bits per heavy atom. The topological polar surface area (TPSA) is 56.2 Å². The Morgan fingerprint density at radius 3 is 2.64 bits per heavy atom. The normalized spacial score (nSPS) is 23.8. The fourth-order valence-corrected chi connectivity index (χ4v) is 5.69. The Kier molecular flexibility index (Phi) is 4.41. The zero-order chi connectivity index (χ0) is 22.7. The van der Waals surface area contributed by atoms with Crippen molar-refractivity contribution >= 4 is 5.71 Å². The van der Waals surface area contributed by atoms with Gasteiger partial charge in [0, 0.05) is 11.1 Å². The molecule has 0 amide bonds. The van der Waals surface area contributed by atoms with E-state index in [4.69, 9.17) is 9.41 Å². The maximum atomic E-state index is 15.0. The molecule has 2 aliphatic rings. The molecule has 0 saturated heterocycles. The Labute approximate surface area is 192 Å². The van der Waals surface area contributed by atoms with Gasteiger partial charge in [-0.15, -0.1) is 0 Å². The standard InChI is InChI=1S/C27H25FN4O/c1-16-11-27(3,12-16)18-8-9-22-20(10-18)24(19-6-4-5-7-21(19)28)31-17(2)26-25(30-14-32(22)26)23-13-29-15-33-23/h4-10,13-17H,11-12H2,1-3H3/t16?,17-,27?/m1/s1. The van der Waals surface area contributed by atoms with Gasteiger partial charge in [-0.2, -0.15) is 0 Å². The van der Waals surface area contributed by atoms with Crippen molar-refractivity contribution in [3.8, 4) is 17.1 Å². The number of aromatic nitrogens is 3. The van der Waals surface area contributed by atoms with Gasteiger partial charge in [0.25, 0.3) is 0 Å². The number of halogens is 1. The lowest BCUT2D eigenvalue weighted by atomic mass is 9.60. The summed E-state index contributed by atoms with van der Waals surface area (Å²) < 4.78 is 22.6. The van der Waals surface area contributed by atoms with Crippen LogP contribution in [0.3, 0.4) is 0 Å². The van der Waals surface area contributed by atoms with Gasteiger partial charge >= 0.3 is 0 Å². The molecule has 6 rings (SSSR count). The first kappa shape index (κ1) is 20.1. The number of oxazole rings is 1. The molecule has 0 N–H and O–H groups in total. The van der Waals surface area contributed by atoms with Gasteiger partial charge in [0.2, 0.25) is 0 Å². The molecule has 1 saturated carbocycles. The van der Waals surface area contributed by atoms with Crippen LogP contribution in [0.2, 0.25) is 0 Å². The molecule has 2 aromatic carbocycles. The minimum Gasteiger partial charge on any atom is -0.442 e. The number of benzene rings is 2. The van der Waals surface area contributed by atoms with Gasteiger partial charge in [0.15, 0.2) is 12.2 Å². The van der Waals surface area contributed by atoms with E-state index in [9.17, 15) is 0 Å². The summed E-state index contributed by atoms with van der Waals surface area (Å²) in [6.45, 7) is 6.62. The van der Waals surface area contributed by atoms with Crippen LogP contribution in [-0.2, 0) is 5.41 Å². The van der Waals surface area contributed by atoms with Crippen molar-refractivity contribution in [2.75, 3.05) is 0 Å². The average Bonchev–Trinajstić information content (AvgIpc) is 3.44. The van der Waals surface area contributed by atoms with Crippen LogP contribution in [0.25, 0.3) is 17.1 Å². The summed E-state index contributed by atoms with van der Waals surface area (Å²) in [6, 6.07) is 13.1. The van der Waals surface area contributed by atoms with Crippen molar-refractivity contribution in [3.63, 3.8) is 0 Å². The molecule has 33 heavy (non-hydrogen) atoms. The third-order valence-corrected chi connectivity index (χ3v) is 7.12. The quantitative estimate of drug-likeness (QED) is 0.377. The maximum Gasteiger partial charge on any atom is 0.181 e. The number of imidazole rings is 1. The van der Waals surface area contributed by atoms with Gasteiger partial charge in [-0.1, -0.05) is 32.0 Å². The molecule has 2 aromatic heterocycles. The number of aliphatic imine (C=N–C) groups is 1. The molecule has 1 atom stereocenters. The second-order valence-electron chi connectivity index (χ2n) is 9.65. The van der Waals surface area contributed by atoms with Crippen molar-refractivity contribution in [1.82, 2.24) is 14.5 Å². The van der Waals surface area contributed by atoms with Gasteiger partial charge in [0.05, 0.1) is 29.3 Å². The molecule has 166 valence electrons. The highest BCUT2D eigenvalue weighted by Crippen LogP contribution is 2.48. The van der Waals surface area contributed by atoms with Gasteiger partial charge in [-0.25, -0.2) is 14.4 Å². The number of nitrogens with zero attached hydrogens (tertiary/aromatic N) is 4. The molecule has 0 unspecified atom stereocenters. The zero-order valence-corrected chi connectivity index (χ0v) is 18.9. The monoisotopic (exact) mass is 440 g/mol. The van der Waals surface area contributed by atoms with Gasteiger partial charge in [-0.3, -0.25) is 9.56 Å². The molecule has 3 heterocycles. The maximum absolute atomic E-state index is 15.0. The third-order valence-electron chi connectivity index (χ3n) is 7.12. The van der Waals surface area contributed by atoms with Crippen molar-refractivity contribution in [2.24, 2.45) is 10.9 Å². The predicted octanol–water partition coefficient (Wildman–Crippen LogP) is 6.27. The van der Waals surface area contributed by atoms with Crippen LogP contribution in [0.1, 0.15) is 62.0 Å². The molecule has 0 radical (unpaired) electrons. The Balaban J connectivity index is 1.61. The van der Waals surface area contributed by atoms with Crippen LogP contribution in [0, 0.1) is 11.7 Å². The van der Waals surface area contributed by atoms with Gasteiger partial charge in [0.1, 0.15) is 17.8 Å². The number of hydrogen-bond acceptors (Lipinski definition) is 4. The Bertz CT molecular complexity index is 1380. The lowest BCUT2D eigenvalue weighted by Crippen LogP contribution is -2.37. The summed E-state index contributed by atoms with van der Waals surface area (Å²) in [5.74, 6) is 1.04. The minimum absolute atomic E-state index is 0.134. The Hall–Kier alpha value is -3.54. The van der Waals surface area contributed by atoms with E-state index in [0.29, 0.717) is 22.7 Å². The third kappa shape index (κ3) is 3.08. The summed E-state index contributed by atoms with van der Waals surface area (Å²) in [5.41, 5.74) is 6.05. The van der Waals surface area contributed by atoms with Crippen LogP contribution in [0.15, 0.2) is 70.8 Å². The highest BCUT2D eigenvalue weighted by atomic mass is 19.1. The number of rotatable bonds is 3. The predicted molar refractivity (Wildman–Crippen MR) is 125 cm³/mol. The first-order valence-electron chi connectivity index (χ1n) is 11.4. The average molecular weight is 441 g/mol. The van der Waals surface area contributed by atoms with Gasteiger partial charge in [-0.05, 0) is 60.9 Å². The van der Waals surface area contributed by atoms with Crippen molar-refractivity contribution < 1.29 is 8.81 Å². The lowest BCUT2D eigenvalue weighted by molar-refractivity contribution is 0.178. The number of hydrogen-bond donors (Lipinski definition) is 0. The SMILES string of the molecule is CC1CC(C)(c2ccc3c(c2)C(c2ccccc2F)=N[C@H](C)c2c(-c4cnco4)ncn2-3)C1. The fourth-order valence-electron chi connectivity index (χ4n) is 5.69. The van der Waals surface area contributed by atoms with Crippen molar-refractivity contribution in [2.45, 2.75) is 45.1 Å². The smallest absolute Gasteiger partial charge is 0.181 e. The van der Waals surface area contributed by atoms with E-state index >= 15 is 4.39 Å². The molecule has 0 bridgehead atoms. The van der Waals surface area contributed by atoms with Crippen LogP contribution >= 0.6 is 0 Å². The molecule has 6 heteroatoms.